The van der Waals surface area contributed by atoms with Crippen molar-refractivity contribution in [2.24, 2.45) is 16.7 Å². The number of hydrazine groups is 1. The first-order valence-corrected chi connectivity index (χ1v) is 28.2. The first-order valence-electron chi connectivity index (χ1n) is 28.2. The van der Waals surface area contributed by atoms with E-state index < -0.39 is 30.1 Å². The SMILES string of the molecule is CCn1c(-c2cc(N3CCN4CCC[C@@H]4C3)cnc2[C@H](C)OC)c2c3cc(ccc31)-c1cc(CF)cc(c1)C[C@H](NC(=O)[C@H](C1CCCC1)N1CC[C@]3(CCNC3)C1)C(=O)N1CCC[C@H](N1)C(=O)OCC(C)(C)C2. The maximum Gasteiger partial charge on any atom is 0.324 e. The standard InChI is InChI=1S/C59H80FN9O5/c1-6-68-51-16-15-42-29-46(51)48(54(68)47-30-45(33-62-52(47)38(2)73-5)66-24-23-65-20-9-13-44(65)34-66)31-58(3,4)37-74-57(72)49-14-10-21-69(64-49)56(71)50(28-39-25-40(32-60)27-43(42)26-39)63-55(70)53(41-11-7-8-12-41)67-22-18-59(36-67)17-19-61-35-59/h15-16,25-27,29-30,33,38,41,44,49-50,53,61,64H,6-14,17-24,28,31-32,34-37H2,1-5H3,(H,63,70)/t38-,44+,49-,50-,53-,59-/m0/s1. The van der Waals surface area contributed by atoms with Crippen LogP contribution >= 0.6 is 0 Å². The number of nitrogens with zero attached hydrogens (tertiary/aromatic N) is 6. The Morgan fingerprint density at radius 1 is 0.973 bits per heavy atom. The molecule has 15 heteroatoms. The molecule has 0 unspecified atom stereocenters. The van der Waals surface area contributed by atoms with Crippen LogP contribution in [0.15, 0.2) is 48.7 Å². The lowest BCUT2D eigenvalue weighted by Gasteiger charge is -2.39. The van der Waals surface area contributed by atoms with Gasteiger partial charge in [-0.15, -0.1) is 0 Å². The van der Waals surface area contributed by atoms with Crippen LogP contribution in [-0.2, 0) is 49.9 Å². The average molecular weight is 1010 g/mol. The Morgan fingerprint density at radius 3 is 2.59 bits per heavy atom. The molecule has 74 heavy (non-hydrogen) atoms. The molecule has 2 amide bonds. The van der Waals surface area contributed by atoms with Crippen LogP contribution in [0.1, 0.15) is 120 Å². The van der Waals surface area contributed by atoms with E-state index in [1.165, 1.54) is 24.4 Å². The zero-order chi connectivity index (χ0) is 51.3. The largest absolute Gasteiger partial charge is 0.464 e. The number of methoxy groups -OCH3 is 1. The maximum absolute atomic E-state index is 15.2. The highest BCUT2D eigenvalue weighted by Crippen LogP contribution is 2.44. The summed E-state index contributed by atoms with van der Waals surface area (Å²) in [6.45, 7) is 16.9. The molecule has 14 nitrogen and oxygen atoms in total. The van der Waals surface area contributed by atoms with E-state index in [1.807, 2.05) is 18.3 Å². The molecule has 6 atom stereocenters. The quantitative estimate of drug-likeness (QED) is 0.135. The molecule has 4 aromatic rings. The van der Waals surface area contributed by atoms with Crippen molar-refractivity contribution < 1.29 is 28.2 Å². The van der Waals surface area contributed by atoms with E-state index in [-0.39, 0.29) is 48.3 Å². The van der Waals surface area contributed by atoms with Crippen molar-refractivity contribution in [2.75, 3.05) is 77.5 Å². The molecule has 8 heterocycles. The van der Waals surface area contributed by atoms with Crippen molar-refractivity contribution in [1.29, 1.82) is 0 Å². The number of aromatic nitrogens is 2. The Hall–Kier alpha value is -4.93. The minimum atomic E-state index is -0.968. The Balaban J connectivity index is 1.01. The molecule has 6 fully saturated rings. The van der Waals surface area contributed by atoms with Gasteiger partial charge in [0.25, 0.3) is 5.91 Å². The van der Waals surface area contributed by atoms with E-state index in [4.69, 9.17) is 14.5 Å². The van der Waals surface area contributed by atoms with Crippen LogP contribution < -0.4 is 21.0 Å². The normalized spacial score (nSPS) is 26.9. The molecule has 5 saturated heterocycles. The summed E-state index contributed by atoms with van der Waals surface area (Å²) in [6.07, 6.45) is 12.3. The monoisotopic (exact) mass is 1010 g/mol. The molecule has 6 bridgehead atoms. The van der Waals surface area contributed by atoms with Crippen LogP contribution in [0.5, 0.6) is 0 Å². The van der Waals surface area contributed by atoms with E-state index in [0.29, 0.717) is 44.0 Å². The van der Waals surface area contributed by atoms with Gasteiger partial charge in [0.05, 0.1) is 42.0 Å². The first kappa shape index (κ1) is 51.2. The minimum Gasteiger partial charge on any atom is -0.464 e. The summed E-state index contributed by atoms with van der Waals surface area (Å²) in [5.41, 5.74) is 12.2. The van der Waals surface area contributed by atoms with Gasteiger partial charge in [-0.1, -0.05) is 44.9 Å². The predicted octanol–water partition coefficient (Wildman–Crippen LogP) is 7.74. The predicted molar refractivity (Wildman–Crippen MR) is 287 cm³/mol. The fourth-order valence-corrected chi connectivity index (χ4v) is 14.2. The fraction of sp³-hybridized carbons (Fsp3) is 0.627. The van der Waals surface area contributed by atoms with Crippen LogP contribution in [-0.4, -0.2) is 139 Å². The van der Waals surface area contributed by atoms with Gasteiger partial charge in [0.2, 0.25) is 5.91 Å². The number of hydrogen-bond donors (Lipinski definition) is 3. The Bertz CT molecular complexity index is 2730. The summed E-state index contributed by atoms with van der Waals surface area (Å²) < 4.78 is 30.0. The lowest BCUT2D eigenvalue weighted by Crippen LogP contribution is -2.62. The number of fused-ring (bicyclic) bond motifs is 7. The van der Waals surface area contributed by atoms with Gasteiger partial charge in [-0.05, 0) is 155 Å². The number of aryl methyl sites for hydroxylation is 1. The number of amides is 2. The van der Waals surface area contributed by atoms with Gasteiger partial charge in [-0.3, -0.25) is 34.2 Å². The maximum atomic E-state index is 15.2. The number of alkyl halides is 1. The summed E-state index contributed by atoms with van der Waals surface area (Å²) in [6, 6.07) is 13.2. The van der Waals surface area contributed by atoms with E-state index in [9.17, 15) is 4.79 Å². The topological polar surface area (TPSA) is 137 Å². The minimum absolute atomic E-state index is 0.119. The number of rotatable bonds is 10. The number of carbonyl (C=O) groups excluding carboxylic acids is 3. The van der Waals surface area contributed by atoms with E-state index >= 15 is 14.0 Å². The third-order valence-electron chi connectivity index (χ3n) is 18.2. The number of likely N-dealkylation sites (tertiary alicyclic amines) is 1. The molecule has 2 aromatic heterocycles. The van der Waals surface area contributed by atoms with E-state index in [1.54, 1.807) is 7.11 Å². The summed E-state index contributed by atoms with van der Waals surface area (Å²) in [7, 11) is 1.74. The fourth-order valence-electron chi connectivity index (χ4n) is 14.2. The molecule has 398 valence electrons. The molecule has 3 N–H and O–H groups in total. The average Bonchev–Trinajstić information content (AvgIpc) is 4.30. The number of anilines is 1. The number of hydrogen-bond acceptors (Lipinski definition) is 11. The summed E-state index contributed by atoms with van der Waals surface area (Å²) in [5, 5.41) is 9.50. The molecule has 1 saturated carbocycles. The number of esters is 1. The van der Waals surface area contributed by atoms with Gasteiger partial charge < -0.3 is 29.6 Å². The van der Waals surface area contributed by atoms with Crippen LogP contribution in [0.2, 0.25) is 0 Å². The number of carbonyl (C=O) groups is 3. The Morgan fingerprint density at radius 2 is 1.81 bits per heavy atom. The highest BCUT2D eigenvalue weighted by Gasteiger charge is 2.47. The molecular formula is C59H80FN9O5. The molecule has 0 radical (unpaired) electrons. The molecular weight excluding hydrogens is 934 g/mol. The molecule has 6 aliphatic heterocycles. The van der Waals surface area contributed by atoms with Gasteiger partial charge in [-0.2, -0.15) is 0 Å². The van der Waals surface area contributed by atoms with Gasteiger partial charge >= 0.3 is 5.97 Å². The zero-order valence-electron chi connectivity index (χ0n) is 44.7. The lowest BCUT2D eigenvalue weighted by atomic mass is 9.84. The number of cyclic esters (lactones) is 1. The summed E-state index contributed by atoms with van der Waals surface area (Å²) in [4.78, 5) is 57.1. The van der Waals surface area contributed by atoms with E-state index in [2.05, 4.69) is 93.4 Å². The lowest BCUT2D eigenvalue weighted by molar-refractivity contribution is -0.155. The Labute approximate surface area is 437 Å². The zero-order valence-corrected chi connectivity index (χ0v) is 44.7. The molecule has 1 spiro atoms. The second kappa shape index (κ2) is 21.2. The van der Waals surface area contributed by atoms with Crippen molar-refractivity contribution in [3.8, 4) is 22.4 Å². The number of ether oxygens (including phenoxy) is 2. The molecule has 2 aromatic carbocycles. The highest BCUT2D eigenvalue weighted by molar-refractivity contribution is 5.96. The number of nitrogens with one attached hydrogen (secondary N) is 3. The second-order valence-electron chi connectivity index (χ2n) is 23.9. The summed E-state index contributed by atoms with van der Waals surface area (Å²) in [5.74, 6) is -0.629. The first-order chi connectivity index (χ1) is 35.8. The van der Waals surface area contributed by atoms with Gasteiger partial charge in [-0.25, -0.2) is 9.82 Å². The number of pyridine rings is 1. The second-order valence-corrected chi connectivity index (χ2v) is 23.9. The van der Waals surface area contributed by atoms with Crippen molar-refractivity contribution in [3.05, 3.63) is 71.0 Å². The number of benzene rings is 2. The van der Waals surface area contributed by atoms with Crippen LogP contribution in [0.25, 0.3) is 33.3 Å². The van der Waals surface area contributed by atoms with Crippen molar-refractivity contribution in [2.45, 2.75) is 148 Å². The van der Waals surface area contributed by atoms with Crippen molar-refractivity contribution in [3.63, 3.8) is 0 Å². The van der Waals surface area contributed by atoms with Crippen LogP contribution in [0, 0.1) is 16.7 Å². The van der Waals surface area contributed by atoms with Gasteiger partial charge in [0, 0.05) is 87.3 Å². The smallest absolute Gasteiger partial charge is 0.324 e. The van der Waals surface area contributed by atoms with Gasteiger partial charge in [0.1, 0.15) is 18.8 Å². The van der Waals surface area contributed by atoms with Gasteiger partial charge in [0.15, 0.2) is 0 Å². The third-order valence-corrected chi connectivity index (χ3v) is 18.2. The third kappa shape index (κ3) is 10.1. The number of piperazine rings is 1. The van der Waals surface area contributed by atoms with Crippen molar-refractivity contribution >= 4 is 34.4 Å². The van der Waals surface area contributed by atoms with Crippen molar-refractivity contribution in [1.82, 2.24) is 40.4 Å². The molecule has 7 aliphatic rings. The van der Waals surface area contributed by atoms with E-state index in [0.717, 1.165) is 140 Å². The number of halogens is 1. The molecule has 1 aliphatic carbocycles. The Kier molecular flexibility index (Phi) is 14.7. The summed E-state index contributed by atoms with van der Waals surface area (Å²) >= 11 is 0. The van der Waals surface area contributed by atoms with Crippen LogP contribution in [0.4, 0.5) is 10.1 Å². The van der Waals surface area contributed by atoms with Crippen LogP contribution in [0.3, 0.4) is 0 Å². The molecule has 11 rings (SSSR count). The highest BCUT2D eigenvalue weighted by atomic mass is 19.1.